The number of hydrogen-bond donors (Lipinski definition) is 4. The van der Waals surface area contributed by atoms with Gasteiger partial charge in [0, 0.05) is 18.7 Å². The zero-order valence-electron chi connectivity index (χ0n) is 12.1. The average Bonchev–Trinajstić information content (AvgIpc) is 2.37. The molecule has 0 saturated heterocycles. The van der Waals surface area contributed by atoms with E-state index >= 15 is 0 Å². The number of anilines is 2. The van der Waals surface area contributed by atoms with Gasteiger partial charge >= 0.3 is 0 Å². The molecule has 0 aliphatic rings. The van der Waals surface area contributed by atoms with Gasteiger partial charge < -0.3 is 22.1 Å². The molecule has 1 aromatic carbocycles. The highest BCUT2D eigenvalue weighted by molar-refractivity contribution is 5.96. The number of primary amides is 1. The van der Waals surface area contributed by atoms with Gasteiger partial charge in [-0.15, -0.1) is 0 Å². The molecule has 0 unspecified atom stereocenters. The number of carbonyl (C=O) groups is 2. The zero-order valence-corrected chi connectivity index (χ0v) is 12.1. The molecular weight excluding hydrogens is 256 g/mol. The van der Waals surface area contributed by atoms with Crippen LogP contribution in [-0.2, 0) is 4.79 Å². The highest BCUT2D eigenvalue weighted by atomic mass is 16.2. The molecule has 0 heterocycles. The van der Waals surface area contributed by atoms with Crippen LogP contribution in [0.4, 0.5) is 11.4 Å². The Labute approximate surface area is 118 Å². The molecule has 110 valence electrons. The van der Waals surface area contributed by atoms with E-state index in [0.29, 0.717) is 30.0 Å². The first-order chi connectivity index (χ1) is 9.27. The number of hydrogen-bond acceptors (Lipinski definition) is 4. The van der Waals surface area contributed by atoms with Crippen LogP contribution in [0.1, 0.15) is 31.1 Å². The highest BCUT2D eigenvalue weighted by Gasteiger charge is 2.24. The van der Waals surface area contributed by atoms with Crippen LogP contribution in [-0.4, -0.2) is 24.9 Å². The van der Waals surface area contributed by atoms with Crippen LogP contribution in [0.25, 0.3) is 0 Å². The third kappa shape index (κ3) is 3.88. The minimum absolute atomic E-state index is 0.164. The molecule has 2 amide bonds. The molecule has 6 nitrogen and oxygen atoms in total. The van der Waals surface area contributed by atoms with E-state index < -0.39 is 5.41 Å². The summed E-state index contributed by atoms with van der Waals surface area (Å²) in [6.45, 7) is 6.28. The Hall–Kier alpha value is -2.24. The smallest absolute Gasteiger partial charge is 0.251 e. The fourth-order valence-electron chi connectivity index (χ4n) is 1.53. The second-order valence-corrected chi connectivity index (χ2v) is 5.26. The van der Waals surface area contributed by atoms with Crippen molar-refractivity contribution >= 4 is 23.2 Å². The summed E-state index contributed by atoms with van der Waals surface area (Å²) in [5.41, 5.74) is 12.2. The summed E-state index contributed by atoms with van der Waals surface area (Å²) in [5, 5.41) is 5.78. The van der Waals surface area contributed by atoms with Gasteiger partial charge in [-0.3, -0.25) is 9.59 Å². The van der Waals surface area contributed by atoms with Crippen molar-refractivity contribution in [2.75, 3.05) is 24.1 Å². The lowest BCUT2D eigenvalue weighted by molar-refractivity contribution is -0.125. The molecule has 0 aliphatic carbocycles. The van der Waals surface area contributed by atoms with Gasteiger partial charge in [0.05, 0.1) is 16.8 Å². The van der Waals surface area contributed by atoms with Gasteiger partial charge in [0.2, 0.25) is 5.91 Å². The second kappa shape index (κ2) is 6.27. The van der Waals surface area contributed by atoms with Gasteiger partial charge in [0.1, 0.15) is 0 Å². The van der Waals surface area contributed by atoms with Crippen LogP contribution >= 0.6 is 0 Å². The molecule has 0 spiro atoms. The van der Waals surface area contributed by atoms with E-state index in [2.05, 4.69) is 10.6 Å². The van der Waals surface area contributed by atoms with Gasteiger partial charge in [-0.25, -0.2) is 0 Å². The number of amides is 2. The predicted molar refractivity (Wildman–Crippen MR) is 80.3 cm³/mol. The van der Waals surface area contributed by atoms with Crippen molar-refractivity contribution < 1.29 is 9.59 Å². The van der Waals surface area contributed by atoms with Crippen molar-refractivity contribution in [1.82, 2.24) is 5.32 Å². The topological polar surface area (TPSA) is 110 Å². The van der Waals surface area contributed by atoms with Crippen molar-refractivity contribution in [3.8, 4) is 0 Å². The molecule has 0 saturated carbocycles. The maximum Gasteiger partial charge on any atom is 0.251 e. The van der Waals surface area contributed by atoms with Crippen molar-refractivity contribution in [2.45, 2.75) is 20.8 Å². The first kappa shape index (κ1) is 15.8. The quantitative estimate of drug-likeness (QED) is 0.580. The van der Waals surface area contributed by atoms with Crippen LogP contribution in [0.15, 0.2) is 18.2 Å². The minimum atomic E-state index is -0.676. The molecule has 6 heteroatoms. The fraction of sp³-hybridized carbons (Fsp3) is 0.429. The SMILES string of the molecule is CCNC(=O)c1ccc(NCC(C)(C)C(N)=O)c(N)c1. The zero-order chi connectivity index (χ0) is 15.3. The van der Waals surface area contributed by atoms with Crippen LogP contribution in [0.2, 0.25) is 0 Å². The molecule has 0 fully saturated rings. The van der Waals surface area contributed by atoms with E-state index in [1.165, 1.54) is 0 Å². The Kier molecular flexibility index (Phi) is 4.96. The van der Waals surface area contributed by atoms with Crippen LogP contribution < -0.4 is 22.1 Å². The van der Waals surface area contributed by atoms with Crippen molar-refractivity contribution in [1.29, 1.82) is 0 Å². The Morgan fingerprint density at radius 3 is 2.45 bits per heavy atom. The van der Waals surface area contributed by atoms with Crippen molar-refractivity contribution in [3.05, 3.63) is 23.8 Å². The first-order valence-electron chi connectivity index (χ1n) is 6.49. The largest absolute Gasteiger partial charge is 0.397 e. The lowest BCUT2D eigenvalue weighted by atomic mass is 9.92. The lowest BCUT2D eigenvalue weighted by Gasteiger charge is -2.22. The summed E-state index contributed by atoms with van der Waals surface area (Å²) < 4.78 is 0. The van der Waals surface area contributed by atoms with E-state index in [-0.39, 0.29) is 11.8 Å². The fourth-order valence-corrected chi connectivity index (χ4v) is 1.53. The number of carbonyl (C=O) groups excluding carboxylic acids is 2. The number of rotatable bonds is 6. The van der Waals surface area contributed by atoms with Gasteiger partial charge in [-0.05, 0) is 39.0 Å². The molecule has 0 aromatic heterocycles. The van der Waals surface area contributed by atoms with E-state index in [9.17, 15) is 9.59 Å². The van der Waals surface area contributed by atoms with Gasteiger partial charge in [-0.2, -0.15) is 0 Å². The molecular formula is C14H22N4O2. The molecule has 0 radical (unpaired) electrons. The lowest BCUT2D eigenvalue weighted by Crippen LogP contribution is -2.37. The third-order valence-corrected chi connectivity index (χ3v) is 3.04. The molecule has 0 bridgehead atoms. The van der Waals surface area contributed by atoms with Gasteiger partial charge in [-0.1, -0.05) is 0 Å². The van der Waals surface area contributed by atoms with Crippen LogP contribution in [0.5, 0.6) is 0 Å². The highest BCUT2D eigenvalue weighted by Crippen LogP contribution is 2.22. The number of nitrogens with two attached hydrogens (primary N) is 2. The maximum absolute atomic E-state index is 11.7. The van der Waals surface area contributed by atoms with Gasteiger partial charge in [0.25, 0.3) is 5.91 Å². The van der Waals surface area contributed by atoms with E-state index in [1.54, 1.807) is 32.0 Å². The summed E-state index contributed by atoms with van der Waals surface area (Å²) in [7, 11) is 0. The monoisotopic (exact) mass is 278 g/mol. The first-order valence-corrected chi connectivity index (χ1v) is 6.49. The summed E-state index contributed by atoms with van der Waals surface area (Å²) in [4.78, 5) is 22.9. The Balaban J connectivity index is 2.79. The molecule has 20 heavy (non-hydrogen) atoms. The van der Waals surface area contributed by atoms with Crippen LogP contribution in [0.3, 0.4) is 0 Å². The summed E-state index contributed by atoms with van der Waals surface area (Å²) in [5.74, 6) is -0.550. The molecule has 1 aromatic rings. The van der Waals surface area contributed by atoms with Crippen LogP contribution in [0, 0.1) is 5.41 Å². The normalized spacial score (nSPS) is 10.9. The maximum atomic E-state index is 11.7. The Morgan fingerprint density at radius 1 is 1.30 bits per heavy atom. The summed E-state index contributed by atoms with van der Waals surface area (Å²) in [6.07, 6.45) is 0. The summed E-state index contributed by atoms with van der Waals surface area (Å²) >= 11 is 0. The third-order valence-electron chi connectivity index (χ3n) is 3.04. The number of nitrogen functional groups attached to an aromatic ring is 1. The van der Waals surface area contributed by atoms with E-state index in [0.717, 1.165) is 0 Å². The summed E-state index contributed by atoms with van der Waals surface area (Å²) in [6, 6.07) is 5.00. The number of nitrogens with one attached hydrogen (secondary N) is 2. The standard InChI is InChI=1S/C14H22N4O2/c1-4-17-12(19)9-5-6-11(10(15)7-9)18-8-14(2,3)13(16)20/h5-7,18H,4,8,15H2,1-3H3,(H2,16,20)(H,17,19). The average molecular weight is 278 g/mol. The van der Waals surface area contributed by atoms with Crippen molar-refractivity contribution in [3.63, 3.8) is 0 Å². The number of benzene rings is 1. The molecule has 6 N–H and O–H groups in total. The Morgan fingerprint density at radius 2 is 1.95 bits per heavy atom. The minimum Gasteiger partial charge on any atom is -0.397 e. The molecule has 0 aliphatic heterocycles. The van der Waals surface area contributed by atoms with Crippen molar-refractivity contribution in [2.24, 2.45) is 11.1 Å². The van der Waals surface area contributed by atoms with Gasteiger partial charge in [0.15, 0.2) is 0 Å². The second-order valence-electron chi connectivity index (χ2n) is 5.26. The molecule has 0 atom stereocenters. The van der Waals surface area contributed by atoms with E-state index in [4.69, 9.17) is 11.5 Å². The van der Waals surface area contributed by atoms with E-state index in [1.807, 2.05) is 6.92 Å². The molecule has 1 rings (SSSR count). The Bertz CT molecular complexity index is 512. The predicted octanol–water partition coefficient (Wildman–Crippen LogP) is 0.942.